The molecule has 0 spiro atoms. The molecule has 2 heterocycles. The quantitative estimate of drug-likeness (QED) is 0.0674. The van der Waals surface area contributed by atoms with E-state index in [4.69, 9.17) is 0 Å². The summed E-state index contributed by atoms with van der Waals surface area (Å²) in [5.41, 5.74) is 7.98. The van der Waals surface area contributed by atoms with Crippen molar-refractivity contribution >= 4 is 56.5 Å². The maximum absolute atomic E-state index is 11.8. The largest absolute Gasteiger partial charge is 0.294 e. The fraction of sp³-hybridized carbons (Fsp3) is 0.0847. The Labute approximate surface area is 390 Å². The van der Waals surface area contributed by atoms with Crippen molar-refractivity contribution in [3.8, 4) is 0 Å². The van der Waals surface area contributed by atoms with Crippen LogP contribution in [0.5, 0.6) is 0 Å². The number of hydrogen-bond acceptors (Lipinski definition) is 8. The van der Waals surface area contributed by atoms with Gasteiger partial charge in [0, 0.05) is 56.5 Å². The molecule has 0 aliphatic heterocycles. The summed E-state index contributed by atoms with van der Waals surface area (Å²) in [6.45, 7) is 4.21. The molecule has 330 valence electrons. The highest BCUT2D eigenvalue weighted by atomic mass is 16.2. The summed E-state index contributed by atoms with van der Waals surface area (Å²) in [4.78, 5) is 79.7. The predicted molar refractivity (Wildman–Crippen MR) is 265 cm³/mol. The van der Waals surface area contributed by atoms with E-state index in [2.05, 4.69) is 35.9 Å². The van der Waals surface area contributed by atoms with Crippen LogP contribution in [-0.2, 0) is 0 Å². The van der Waals surface area contributed by atoms with E-state index in [0.29, 0.717) is 33.4 Å². The van der Waals surface area contributed by atoms with Crippen molar-refractivity contribution < 1.29 is 28.8 Å². The van der Waals surface area contributed by atoms with Gasteiger partial charge in [-0.25, -0.2) is 0 Å². The first-order valence-electron chi connectivity index (χ1n) is 21.7. The van der Waals surface area contributed by atoms with Crippen LogP contribution in [0.15, 0.2) is 219 Å². The van der Waals surface area contributed by atoms with Crippen LogP contribution in [-0.4, -0.2) is 44.7 Å². The molecule has 9 rings (SSSR count). The van der Waals surface area contributed by atoms with Crippen molar-refractivity contribution in [2.24, 2.45) is 0 Å². The normalized spacial score (nSPS) is 10.2. The first kappa shape index (κ1) is 47.8. The van der Waals surface area contributed by atoms with Gasteiger partial charge in [-0.2, -0.15) is 0 Å². The molecule has 0 atom stereocenters. The van der Waals surface area contributed by atoms with Gasteiger partial charge in [-0.3, -0.25) is 38.7 Å². The number of pyridine rings is 2. The lowest BCUT2D eigenvalue weighted by Gasteiger charge is -2.06. The van der Waals surface area contributed by atoms with E-state index in [-0.39, 0.29) is 54.0 Å². The highest BCUT2D eigenvalue weighted by Gasteiger charge is 2.15. The zero-order valence-electron chi connectivity index (χ0n) is 37.2. The fourth-order valence-electron chi connectivity index (χ4n) is 6.90. The molecule has 0 unspecified atom stereocenters. The number of fused-ring (bicyclic) bond motifs is 3. The van der Waals surface area contributed by atoms with Gasteiger partial charge in [0.05, 0.1) is 30.3 Å². The second-order valence-electron chi connectivity index (χ2n) is 15.4. The number of carbonyl (C=O) groups is 6. The fourth-order valence-corrected chi connectivity index (χ4v) is 6.90. The number of nitrogens with zero attached hydrogens (tertiary/aromatic N) is 2. The van der Waals surface area contributed by atoms with Crippen LogP contribution < -0.4 is 0 Å². The zero-order chi connectivity index (χ0) is 47.4. The van der Waals surface area contributed by atoms with E-state index in [1.165, 1.54) is 21.9 Å². The number of rotatable bonds is 12. The van der Waals surface area contributed by atoms with Gasteiger partial charge in [-0.15, -0.1) is 0 Å². The highest BCUT2D eigenvalue weighted by Crippen LogP contribution is 2.25. The maximum Gasteiger partial charge on any atom is 0.170 e. The van der Waals surface area contributed by atoms with Crippen molar-refractivity contribution in [3.63, 3.8) is 0 Å². The van der Waals surface area contributed by atoms with Crippen molar-refractivity contribution in [1.82, 2.24) is 9.97 Å². The minimum atomic E-state index is -0.139. The molecule has 2 aromatic heterocycles. The molecule has 0 saturated carbocycles. The van der Waals surface area contributed by atoms with Gasteiger partial charge in [0.25, 0.3) is 0 Å². The standard InChI is InChI=1S/3C15H12O2.C14H12N2/c3*16-14(12-7-3-1-4-8-12)11-15(17)13-9-5-2-6-10-13;1-9-5-7-15-13-11(9)3-4-12-10(2)6-8-16-14(12)13/h3*1-10H,11H2;3-8H,1-2H3. The molecular formula is C59H48N2O6. The average molecular weight is 881 g/mol. The number of ketones is 6. The van der Waals surface area contributed by atoms with E-state index in [1.807, 2.05) is 60.9 Å². The van der Waals surface area contributed by atoms with E-state index in [9.17, 15) is 28.8 Å². The molecule has 8 heteroatoms. The molecule has 0 saturated heterocycles. The minimum Gasteiger partial charge on any atom is -0.294 e. The Morgan fingerprint density at radius 2 is 0.478 bits per heavy atom. The number of hydrogen-bond donors (Lipinski definition) is 0. The zero-order valence-corrected chi connectivity index (χ0v) is 37.2. The number of carbonyl (C=O) groups excluding carboxylic acids is 6. The van der Waals surface area contributed by atoms with E-state index in [0.717, 1.165) is 11.0 Å². The lowest BCUT2D eigenvalue weighted by atomic mass is 10.0. The molecular weight excluding hydrogens is 833 g/mol. The molecule has 0 radical (unpaired) electrons. The van der Waals surface area contributed by atoms with Gasteiger partial charge in [-0.1, -0.05) is 194 Å². The Morgan fingerprint density at radius 1 is 0.284 bits per heavy atom. The van der Waals surface area contributed by atoms with Crippen LogP contribution in [0.25, 0.3) is 21.8 Å². The van der Waals surface area contributed by atoms with Crippen LogP contribution in [0.2, 0.25) is 0 Å². The van der Waals surface area contributed by atoms with Gasteiger partial charge in [0.2, 0.25) is 0 Å². The Balaban J connectivity index is 0.000000147. The minimum absolute atomic E-state index is 0.0754. The lowest BCUT2D eigenvalue weighted by Crippen LogP contribution is -2.08. The van der Waals surface area contributed by atoms with E-state index in [1.54, 1.807) is 146 Å². The summed E-state index contributed by atoms with van der Waals surface area (Å²) in [7, 11) is 0. The number of benzene rings is 7. The Morgan fingerprint density at radius 3 is 0.672 bits per heavy atom. The molecule has 0 aliphatic rings. The molecule has 67 heavy (non-hydrogen) atoms. The summed E-state index contributed by atoms with van der Waals surface area (Å²) < 4.78 is 0. The molecule has 7 aromatic carbocycles. The molecule has 0 amide bonds. The van der Waals surface area contributed by atoms with Crippen LogP contribution in [0.3, 0.4) is 0 Å². The SMILES string of the molecule is Cc1ccnc2c1ccc1c(C)ccnc12.O=C(CC(=O)c1ccccc1)c1ccccc1.O=C(CC(=O)c1ccccc1)c1ccccc1.O=C(CC(=O)c1ccccc1)c1ccccc1. The average Bonchev–Trinajstić information content (AvgIpc) is 3.38. The summed E-state index contributed by atoms with van der Waals surface area (Å²) in [5, 5.41) is 2.38. The lowest BCUT2D eigenvalue weighted by molar-refractivity contribution is 0.0878. The Kier molecular flexibility index (Phi) is 17.5. The Hall–Kier alpha value is -8.62. The maximum atomic E-state index is 11.8. The van der Waals surface area contributed by atoms with Crippen molar-refractivity contribution in [2.45, 2.75) is 33.1 Å². The second-order valence-corrected chi connectivity index (χ2v) is 15.4. The summed E-state index contributed by atoms with van der Waals surface area (Å²) in [6.07, 6.45) is 3.47. The first-order valence-corrected chi connectivity index (χ1v) is 21.7. The highest BCUT2D eigenvalue weighted by molar-refractivity contribution is 6.15. The Bertz CT molecular complexity index is 2640. The molecule has 9 aromatic rings. The van der Waals surface area contributed by atoms with Crippen LogP contribution >= 0.6 is 0 Å². The summed E-state index contributed by atoms with van der Waals surface area (Å²) >= 11 is 0. The monoisotopic (exact) mass is 880 g/mol. The summed E-state index contributed by atoms with van der Waals surface area (Å²) in [6, 6.07) is 61.6. The van der Waals surface area contributed by atoms with Gasteiger partial charge in [0.1, 0.15) is 0 Å². The summed E-state index contributed by atoms with van der Waals surface area (Å²) in [5.74, 6) is -0.836. The van der Waals surface area contributed by atoms with Crippen LogP contribution in [0.4, 0.5) is 0 Å². The number of Topliss-reactive ketones (excluding diaryl/α,β-unsaturated/α-hetero) is 6. The molecule has 0 fully saturated rings. The predicted octanol–water partition coefficient (Wildman–Crippen LogP) is 12.8. The van der Waals surface area contributed by atoms with Gasteiger partial charge in [-0.05, 0) is 37.1 Å². The van der Waals surface area contributed by atoms with Crippen LogP contribution in [0, 0.1) is 13.8 Å². The van der Waals surface area contributed by atoms with Crippen molar-refractivity contribution in [3.05, 3.63) is 263 Å². The molecule has 8 nitrogen and oxygen atoms in total. The van der Waals surface area contributed by atoms with Gasteiger partial charge >= 0.3 is 0 Å². The van der Waals surface area contributed by atoms with Crippen LogP contribution in [0.1, 0.15) is 92.5 Å². The number of aromatic nitrogens is 2. The van der Waals surface area contributed by atoms with Gasteiger partial charge < -0.3 is 0 Å². The van der Waals surface area contributed by atoms with E-state index < -0.39 is 0 Å². The first-order chi connectivity index (χ1) is 32.6. The molecule has 0 N–H and O–H groups in total. The van der Waals surface area contributed by atoms with Gasteiger partial charge in [0.15, 0.2) is 34.7 Å². The third-order valence-corrected chi connectivity index (χ3v) is 10.6. The molecule has 0 bridgehead atoms. The van der Waals surface area contributed by atoms with E-state index >= 15 is 0 Å². The van der Waals surface area contributed by atoms with Crippen molar-refractivity contribution in [2.75, 3.05) is 0 Å². The van der Waals surface area contributed by atoms with Crippen molar-refractivity contribution in [1.29, 1.82) is 0 Å². The molecule has 0 aliphatic carbocycles. The third-order valence-electron chi connectivity index (χ3n) is 10.6. The topological polar surface area (TPSA) is 128 Å². The smallest absolute Gasteiger partial charge is 0.170 e. The second kappa shape index (κ2) is 24.4. The number of aryl methyl sites for hydroxylation is 2. The third kappa shape index (κ3) is 13.9.